The second-order valence-electron chi connectivity index (χ2n) is 5.12. The lowest BCUT2D eigenvalue weighted by molar-refractivity contribution is 0.162. The van der Waals surface area contributed by atoms with Gasteiger partial charge in [0.2, 0.25) is 0 Å². The number of aromatic nitrogens is 1. The molecule has 2 amide bonds. The summed E-state index contributed by atoms with van der Waals surface area (Å²) < 4.78 is 13.4. The second kappa shape index (κ2) is 7.19. The molecule has 110 valence electrons. The van der Waals surface area contributed by atoms with E-state index in [0.717, 1.165) is 32.4 Å². The van der Waals surface area contributed by atoms with Crippen molar-refractivity contribution in [1.82, 2.24) is 15.2 Å². The number of amides is 2. The molecule has 1 atom stereocenters. The molecule has 1 saturated heterocycles. The fourth-order valence-corrected chi connectivity index (χ4v) is 2.54. The molecule has 1 aliphatic rings. The van der Waals surface area contributed by atoms with Crippen molar-refractivity contribution in [2.45, 2.75) is 25.8 Å². The summed E-state index contributed by atoms with van der Waals surface area (Å²) >= 11 is 0. The maximum absolute atomic E-state index is 13.4. The van der Waals surface area contributed by atoms with Gasteiger partial charge in [-0.1, -0.05) is 0 Å². The molecule has 0 aromatic carbocycles. The number of urea groups is 1. The zero-order valence-electron chi connectivity index (χ0n) is 11.5. The summed E-state index contributed by atoms with van der Waals surface area (Å²) in [6.07, 6.45) is 4.58. The van der Waals surface area contributed by atoms with Gasteiger partial charge in [0.25, 0.3) is 0 Å². The van der Waals surface area contributed by atoms with Crippen molar-refractivity contribution in [2.75, 3.05) is 19.6 Å². The van der Waals surface area contributed by atoms with Crippen LogP contribution in [0.2, 0.25) is 0 Å². The molecule has 0 bridgehead atoms. The molecule has 5 nitrogen and oxygen atoms in total. The minimum Gasteiger partial charge on any atom is -0.332 e. The first-order chi connectivity index (χ1) is 9.70. The highest BCUT2D eigenvalue weighted by Gasteiger charge is 2.23. The molecule has 2 heterocycles. The molecule has 1 aliphatic heterocycles. The number of hydrogen-bond donors (Lipinski definition) is 2. The van der Waals surface area contributed by atoms with Crippen molar-refractivity contribution < 1.29 is 9.18 Å². The minimum atomic E-state index is -0.396. The number of carbonyl (C=O) groups is 1. The highest BCUT2D eigenvalue weighted by atomic mass is 19.1. The lowest BCUT2D eigenvalue weighted by atomic mass is 9.95. The summed E-state index contributed by atoms with van der Waals surface area (Å²) in [6, 6.07) is 2.71. The van der Waals surface area contributed by atoms with E-state index in [1.165, 1.54) is 18.3 Å². The first kappa shape index (κ1) is 14.7. The fraction of sp³-hybridized carbons (Fsp3) is 0.571. The number of piperidine rings is 1. The summed E-state index contributed by atoms with van der Waals surface area (Å²) in [4.78, 5) is 17.8. The number of nitrogens with zero attached hydrogens (tertiary/aromatic N) is 2. The number of rotatable bonds is 4. The van der Waals surface area contributed by atoms with E-state index in [4.69, 9.17) is 5.73 Å². The van der Waals surface area contributed by atoms with Crippen molar-refractivity contribution in [1.29, 1.82) is 0 Å². The Hall–Kier alpha value is -1.69. The Balaban J connectivity index is 1.84. The Morgan fingerprint density at radius 2 is 2.45 bits per heavy atom. The van der Waals surface area contributed by atoms with Crippen LogP contribution in [-0.4, -0.2) is 35.5 Å². The predicted molar refractivity (Wildman–Crippen MR) is 74.4 cm³/mol. The van der Waals surface area contributed by atoms with Crippen molar-refractivity contribution in [3.8, 4) is 0 Å². The highest BCUT2D eigenvalue weighted by Crippen LogP contribution is 2.18. The van der Waals surface area contributed by atoms with Crippen molar-refractivity contribution >= 4 is 6.03 Å². The molecule has 0 aliphatic carbocycles. The Morgan fingerprint density at radius 1 is 1.60 bits per heavy atom. The average molecular weight is 280 g/mol. The second-order valence-corrected chi connectivity index (χ2v) is 5.12. The summed E-state index contributed by atoms with van der Waals surface area (Å²) in [5, 5.41) is 2.73. The smallest absolute Gasteiger partial charge is 0.317 e. The van der Waals surface area contributed by atoms with Crippen LogP contribution >= 0.6 is 0 Å². The van der Waals surface area contributed by atoms with E-state index in [0.29, 0.717) is 12.5 Å². The summed E-state index contributed by atoms with van der Waals surface area (Å²) in [5.74, 6) is 0.0820. The zero-order valence-corrected chi connectivity index (χ0v) is 11.5. The number of nitrogens with two attached hydrogens (primary N) is 1. The van der Waals surface area contributed by atoms with Crippen LogP contribution in [0, 0.1) is 11.7 Å². The molecule has 1 unspecified atom stereocenters. The predicted octanol–water partition coefficient (Wildman–Crippen LogP) is 1.49. The Bertz CT molecular complexity index is 453. The number of halogens is 1. The van der Waals surface area contributed by atoms with Gasteiger partial charge in [-0.15, -0.1) is 0 Å². The van der Waals surface area contributed by atoms with Gasteiger partial charge in [0.05, 0.1) is 12.2 Å². The maximum Gasteiger partial charge on any atom is 0.317 e. The zero-order chi connectivity index (χ0) is 14.4. The number of likely N-dealkylation sites (tertiary alicyclic amines) is 1. The van der Waals surface area contributed by atoms with Crippen LogP contribution in [0.1, 0.15) is 25.0 Å². The van der Waals surface area contributed by atoms with E-state index in [9.17, 15) is 9.18 Å². The molecular weight excluding hydrogens is 259 g/mol. The molecule has 20 heavy (non-hydrogen) atoms. The lowest BCUT2D eigenvalue weighted by Crippen LogP contribution is -2.45. The number of hydrogen-bond acceptors (Lipinski definition) is 3. The molecule has 0 saturated carbocycles. The first-order valence-electron chi connectivity index (χ1n) is 7.03. The third kappa shape index (κ3) is 3.90. The van der Waals surface area contributed by atoms with Gasteiger partial charge in [-0.25, -0.2) is 9.18 Å². The molecule has 3 N–H and O–H groups in total. The van der Waals surface area contributed by atoms with Crippen molar-refractivity contribution in [2.24, 2.45) is 11.7 Å². The quantitative estimate of drug-likeness (QED) is 0.878. The summed E-state index contributed by atoms with van der Waals surface area (Å²) in [7, 11) is 0. The Morgan fingerprint density at radius 3 is 3.20 bits per heavy atom. The third-order valence-corrected chi connectivity index (χ3v) is 3.62. The van der Waals surface area contributed by atoms with Gasteiger partial charge >= 0.3 is 6.03 Å². The monoisotopic (exact) mass is 280 g/mol. The van der Waals surface area contributed by atoms with Crippen LogP contribution in [0.15, 0.2) is 18.3 Å². The van der Waals surface area contributed by atoms with Gasteiger partial charge in [-0.05, 0) is 43.9 Å². The summed E-state index contributed by atoms with van der Waals surface area (Å²) in [6.45, 7) is 2.24. The van der Waals surface area contributed by atoms with E-state index in [-0.39, 0.29) is 18.3 Å². The van der Waals surface area contributed by atoms with Crippen molar-refractivity contribution in [3.05, 3.63) is 29.8 Å². The van der Waals surface area contributed by atoms with E-state index in [2.05, 4.69) is 10.3 Å². The maximum atomic E-state index is 13.4. The van der Waals surface area contributed by atoms with E-state index >= 15 is 0 Å². The van der Waals surface area contributed by atoms with Gasteiger partial charge in [0.1, 0.15) is 5.82 Å². The van der Waals surface area contributed by atoms with Crippen LogP contribution in [0.4, 0.5) is 9.18 Å². The van der Waals surface area contributed by atoms with Crippen LogP contribution in [-0.2, 0) is 6.54 Å². The molecule has 0 radical (unpaired) electrons. The van der Waals surface area contributed by atoms with Crippen LogP contribution in [0.3, 0.4) is 0 Å². The standard InChI is InChI=1S/C14H21FN4O/c15-12-4-1-7-17-13(12)9-18-14(20)19-8-2-3-11(10-19)5-6-16/h1,4,7,11H,2-3,5-6,8-10,16H2,(H,18,20). The Kier molecular flexibility index (Phi) is 5.29. The lowest BCUT2D eigenvalue weighted by Gasteiger charge is -2.32. The first-order valence-corrected chi connectivity index (χ1v) is 7.03. The number of carbonyl (C=O) groups excluding carboxylic acids is 1. The average Bonchev–Trinajstić information content (AvgIpc) is 2.47. The van der Waals surface area contributed by atoms with Crippen LogP contribution in [0.5, 0.6) is 0 Å². The molecule has 6 heteroatoms. The summed E-state index contributed by atoms with van der Waals surface area (Å²) in [5.41, 5.74) is 5.82. The SMILES string of the molecule is NCCC1CCCN(C(=O)NCc2ncccc2F)C1. The molecule has 1 aromatic rings. The van der Waals surface area contributed by atoms with Gasteiger partial charge in [0.15, 0.2) is 0 Å². The van der Waals surface area contributed by atoms with Gasteiger partial charge in [-0.2, -0.15) is 0 Å². The van der Waals surface area contributed by atoms with Gasteiger partial charge in [0, 0.05) is 19.3 Å². The molecular formula is C14H21FN4O. The molecule has 1 fully saturated rings. The molecule has 1 aromatic heterocycles. The normalized spacial score (nSPS) is 18.9. The van der Waals surface area contributed by atoms with Crippen LogP contribution in [0.25, 0.3) is 0 Å². The Labute approximate surface area is 118 Å². The fourth-order valence-electron chi connectivity index (χ4n) is 2.54. The van der Waals surface area contributed by atoms with E-state index in [1.807, 2.05) is 0 Å². The van der Waals surface area contributed by atoms with E-state index < -0.39 is 5.82 Å². The topological polar surface area (TPSA) is 71.2 Å². The number of nitrogens with one attached hydrogen (secondary N) is 1. The van der Waals surface area contributed by atoms with E-state index in [1.54, 1.807) is 4.90 Å². The van der Waals surface area contributed by atoms with Gasteiger partial charge < -0.3 is 16.0 Å². The third-order valence-electron chi connectivity index (χ3n) is 3.62. The molecule has 0 spiro atoms. The van der Waals surface area contributed by atoms with Crippen LogP contribution < -0.4 is 11.1 Å². The molecule has 2 rings (SSSR count). The minimum absolute atomic E-state index is 0.115. The van der Waals surface area contributed by atoms with Gasteiger partial charge in [-0.3, -0.25) is 4.98 Å². The van der Waals surface area contributed by atoms with Crippen molar-refractivity contribution in [3.63, 3.8) is 0 Å². The largest absolute Gasteiger partial charge is 0.332 e. The number of pyridine rings is 1. The highest BCUT2D eigenvalue weighted by molar-refractivity contribution is 5.74.